The van der Waals surface area contributed by atoms with Gasteiger partial charge in [0.1, 0.15) is 22.8 Å². The Kier molecular flexibility index (Phi) is 6.90. The number of nitrogens with zero attached hydrogens (tertiary/aromatic N) is 2. The lowest BCUT2D eigenvalue weighted by atomic mass is 10.0. The van der Waals surface area contributed by atoms with Crippen molar-refractivity contribution in [1.82, 2.24) is 15.4 Å². The number of hydrogen-bond donors (Lipinski definition) is 1. The Morgan fingerprint density at radius 1 is 1.23 bits per heavy atom. The zero-order valence-electron chi connectivity index (χ0n) is 17.5. The van der Waals surface area contributed by atoms with Gasteiger partial charge in [-0.25, -0.2) is 4.39 Å². The molecule has 1 N–H and O–H groups in total. The van der Waals surface area contributed by atoms with Crippen LogP contribution in [0.1, 0.15) is 40.2 Å². The Labute approximate surface area is 180 Å². The van der Waals surface area contributed by atoms with Crippen LogP contribution in [0.2, 0.25) is 5.02 Å². The first kappa shape index (κ1) is 22.0. The smallest absolute Gasteiger partial charge is 0.257 e. The van der Waals surface area contributed by atoms with Crippen LogP contribution in [0, 0.1) is 12.7 Å². The zero-order valence-corrected chi connectivity index (χ0v) is 18.3. The molecule has 1 heterocycles. The fraction of sp³-hybridized carbons (Fsp3) is 0.304. The first-order valence-corrected chi connectivity index (χ1v) is 10.1. The van der Waals surface area contributed by atoms with Gasteiger partial charge in [0.05, 0.1) is 16.6 Å². The van der Waals surface area contributed by atoms with Crippen molar-refractivity contribution in [3.05, 3.63) is 75.8 Å². The molecule has 1 aromatic heterocycles. The largest absolute Gasteiger partial charge is 0.360 e. The van der Waals surface area contributed by atoms with Gasteiger partial charge >= 0.3 is 0 Å². The minimum Gasteiger partial charge on any atom is -0.360 e. The minimum absolute atomic E-state index is 0.0273. The van der Waals surface area contributed by atoms with Crippen LogP contribution in [0.3, 0.4) is 0 Å². The number of amides is 1. The van der Waals surface area contributed by atoms with E-state index in [1.165, 1.54) is 17.7 Å². The maximum Gasteiger partial charge on any atom is 0.257 e. The molecule has 0 saturated heterocycles. The lowest BCUT2D eigenvalue weighted by molar-refractivity contribution is 0.0941. The van der Waals surface area contributed by atoms with Crippen molar-refractivity contribution in [3.8, 4) is 11.3 Å². The second kappa shape index (κ2) is 9.41. The van der Waals surface area contributed by atoms with Crippen molar-refractivity contribution in [2.45, 2.75) is 26.3 Å². The number of benzene rings is 2. The fourth-order valence-corrected chi connectivity index (χ4v) is 3.64. The topological polar surface area (TPSA) is 58.4 Å². The van der Waals surface area contributed by atoms with E-state index in [0.29, 0.717) is 12.3 Å². The summed E-state index contributed by atoms with van der Waals surface area (Å²) in [6.45, 7) is 4.10. The molecule has 1 amide bonds. The molecule has 3 rings (SSSR count). The molecule has 0 aliphatic heterocycles. The molecule has 0 fully saturated rings. The van der Waals surface area contributed by atoms with Gasteiger partial charge in [-0.15, -0.1) is 0 Å². The lowest BCUT2D eigenvalue weighted by Crippen LogP contribution is -2.34. The van der Waals surface area contributed by atoms with E-state index in [4.69, 9.17) is 16.1 Å². The lowest BCUT2D eigenvalue weighted by Gasteiger charge is -2.25. The van der Waals surface area contributed by atoms with Crippen LogP contribution in [-0.4, -0.2) is 36.6 Å². The number of rotatable bonds is 7. The monoisotopic (exact) mass is 429 g/mol. The number of aromatic nitrogens is 1. The average Bonchev–Trinajstić information content (AvgIpc) is 3.09. The standard InChI is InChI=1S/C23H25ClFN3O2/c1-5-15-9-11-16(12-10-15)19(28(3)4)13-26-23(29)20-14(2)30-27-22(20)21-17(24)7-6-8-18(21)25/h6-12,19H,5,13H2,1-4H3,(H,26,29). The van der Waals surface area contributed by atoms with E-state index in [-0.39, 0.29) is 33.8 Å². The predicted molar refractivity (Wildman–Crippen MR) is 116 cm³/mol. The summed E-state index contributed by atoms with van der Waals surface area (Å²) in [6, 6.07) is 12.6. The van der Waals surface area contributed by atoms with Gasteiger partial charge in [-0.1, -0.05) is 54.0 Å². The normalized spacial score (nSPS) is 12.2. The van der Waals surface area contributed by atoms with E-state index in [1.54, 1.807) is 13.0 Å². The highest BCUT2D eigenvalue weighted by Crippen LogP contribution is 2.33. The summed E-state index contributed by atoms with van der Waals surface area (Å²) in [5.41, 5.74) is 2.69. The van der Waals surface area contributed by atoms with Gasteiger partial charge in [-0.2, -0.15) is 0 Å². The van der Waals surface area contributed by atoms with Gasteiger partial charge in [0.2, 0.25) is 0 Å². The Balaban J connectivity index is 1.84. The van der Waals surface area contributed by atoms with Crippen LogP contribution < -0.4 is 5.32 Å². The molecule has 5 nitrogen and oxygen atoms in total. The molecule has 158 valence electrons. The third-order valence-corrected chi connectivity index (χ3v) is 5.46. The molecule has 0 saturated carbocycles. The van der Waals surface area contributed by atoms with Gasteiger partial charge in [0.15, 0.2) is 0 Å². The Hall–Kier alpha value is -2.70. The number of likely N-dealkylation sites (N-methyl/N-ethyl adjacent to an activating group) is 1. The molecule has 3 aromatic rings. The molecule has 0 aliphatic rings. The summed E-state index contributed by atoms with van der Waals surface area (Å²) >= 11 is 6.16. The van der Waals surface area contributed by atoms with Crippen LogP contribution >= 0.6 is 11.6 Å². The molecule has 2 aromatic carbocycles. The van der Waals surface area contributed by atoms with Crippen molar-refractivity contribution >= 4 is 17.5 Å². The highest BCUT2D eigenvalue weighted by Gasteiger charge is 2.26. The van der Waals surface area contributed by atoms with Crippen LogP contribution in [0.4, 0.5) is 4.39 Å². The van der Waals surface area contributed by atoms with E-state index in [1.807, 2.05) is 19.0 Å². The Morgan fingerprint density at radius 3 is 2.53 bits per heavy atom. The highest BCUT2D eigenvalue weighted by molar-refractivity contribution is 6.33. The summed E-state index contributed by atoms with van der Waals surface area (Å²) < 4.78 is 19.6. The molecular formula is C23H25ClFN3O2. The van der Waals surface area contributed by atoms with Gasteiger partial charge in [0, 0.05) is 6.54 Å². The minimum atomic E-state index is -0.563. The number of nitrogens with one attached hydrogen (secondary N) is 1. The van der Waals surface area contributed by atoms with Crippen LogP contribution in [0.5, 0.6) is 0 Å². The van der Waals surface area contributed by atoms with E-state index in [9.17, 15) is 9.18 Å². The SMILES string of the molecule is CCc1ccc(C(CNC(=O)c2c(-c3c(F)cccc3Cl)noc2C)N(C)C)cc1. The van der Waals surface area contributed by atoms with Crippen molar-refractivity contribution in [1.29, 1.82) is 0 Å². The quantitative estimate of drug-likeness (QED) is 0.571. The van der Waals surface area contributed by atoms with Crippen molar-refractivity contribution in [2.24, 2.45) is 0 Å². The first-order chi connectivity index (χ1) is 14.3. The number of hydrogen-bond acceptors (Lipinski definition) is 4. The number of aryl methyl sites for hydroxylation is 2. The van der Waals surface area contributed by atoms with Gasteiger partial charge in [-0.05, 0) is 50.7 Å². The molecule has 7 heteroatoms. The maximum atomic E-state index is 14.4. The second-order valence-electron chi connectivity index (χ2n) is 7.34. The third-order valence-electron chi connectivity index (χ3n) is 5.14. The summed E-state index contributed by atoms with van der Waals surface area (Å²) in [5.74, 6) is -0.650. The molecule has 0 radical (unpaired) electrons. The van der Waals surface area contributed by atoms with E-state index in [2.05, 4.69) is 41.7 Å². The summed E-state index contributed by atoms with van der Waals surface area (Å²) in [6.07, 6.45) is 0.970. The predicted octanol–water partition coefficient (Wildman–Crippen LogP) is 5.04. The van der Waals surface area contributed by atoms with E-state index < -0.39 is 5.82 Å². The summed E-state index contributed by atoms with van der Waals surface area (Å²) in [7, 11) is 3.92. The number of carbonyl (C=O) groups excluding carboxylic acids is 1. The van der Waals surface area contributed by atoms with Gasteiger partial charge in [-0.3, -0.25) is 4.79 Å². The number of halogens is 2. The van der Waals surface area contributed by atoms with Crippen LogP contribution in [-0.2, 0) is 6.42 Å². The Bertz CT molecular complexity index is 1010. The summed E-state index contributed by atoms with van der Waals surface area (Å²) in [5, 5.41) is 7.00. The second-order valence-corrected chi connectivity index (χ2v) is 7.75. The summed E-state index contributed by atoms with van der Waals surface area (Å²) in [4.78, 5) is 15.0. The Morgan fingerprint density at radius 2 is 1.93 bits per heavy atom. The number of carbonyl (C=O) groups is 1. The molecule has 0 aliphatic carbocycles. The average molecular weight is 430 g/mol. The van der Waals surface area contributed by atoms with Crippen LogP contribution in [0.25, 0.3) is 11.3 Å². The van der Waals surface area contributed by atoms with Crippen molar-refractivity contribution < 1.29 is 13.7 Å². The molecule has 0 spiro atoms. The molecule has 30 heavy (non-hydrogen) atoms. The third kappa shape index (κ3) is 4.55. The molecule has 1 unspecified atom stereocenters. The van der Waals surface area contributed by atoms with E-state index in [0.717, 1.165) is 12.0 Å². The molecular weight excluding hydrogens is 405 g/mol. The van der Waals surface area contributed by atoms with Gasteiger partial charge < -0.3 is 14.7 Å². The van der Waals surface area contributed by atoms with E-state index >= 15 is 0 Å². The molecule has 0 bridgehead atoms. The first-order valence-electron chi connectivity index (χ1n) is 9.77. The maximum absolute atomic E-state index is 14.4. The van der Waals surface area contributed by atoms with Gasteiger partial charge in [0.25, 0.3) is 5.91 Å². The fourth-order valence-electron chi connectivity index (χ4n) is 3.39. The van der Waals surface area contributed by atoms with Crippen molar-refractivity contribution in [3.63, 3.8) is 0 Å². The zero-order chi connectivity index (χ0) is 21.8. The molecule has 1 atom stereocenters. The van der Waals surface area contributed by atoms with Crippen molar-refractivity contribution in [2.75, 3.05) is 20.6 Å². The van der Waals surface area contributed by atoms with Crippen LogP contribution in [0.15, 0.2) is 47.0 Å². The highest BCUT2D eigenvalue weighted by atomic mass is 35.5.